The van der Waals surface area contributed by atoms with Crippen LogP contribution < -0.4 is 0 Å². The number of aliphatic hydroxyl groups excluding tert-OH is 1. The van der Waals surface area contributed by atoms with Crippen LogP contribution in [0.5, 0.6) is 0 Å². The minimum absolute atomic E-state index is 0.0131. The molecule has 0 aliphatic carbocycles. The highest BCUT2D eigenvalue weighted by atomic mass is 19.1. The summed E-state index contributed by atoms with van der Waals surface area (Å²) in [5.41, 5.74) is 1.13. The average Bonchev–Trinajstić information content (AvgIpc) is 2.93. The molecule has 1 saturated heterocycles. The second-order valence-electron chi connectivity index (χ2n) is 6.56. The number of hydrogen-bond acceptors (Lipinski definition) is 4. The molecular weight excluding hydrogens is 347 g/mol. The van der Waals surface area contributed by atoms with Gasteiger partial charge in [0.05, 0.1) is 11.3 Å². The van der Waals surface area contributed by atoms with Crippen molar-refractivity contribution in [1.29, 1.82) is 0 Å². The van der Waals surface area contributed by atoms with Crippen LogP contribution in [0, 0.1) is 12.7 Å². The maximum absolute atomic E-state index is 13.6. The van der Waals surface area contributed by atoms with E-state index in [0.29, 0.717) is 23.4 Å². The molecule has 6 heteroatoms. The predicted molar refractivity (Wildman–Crippen MR) is 99.3 cm³/mol. The second-order valence-corrected chi connectivity index (χ2v) is 6.56. The van der Waals surface area contributed by atoms with E-state index in [1.807, 2.05) is 6.92 Å². The molecule has 0 radical (unpaired) electrons. The first-order chi connectivity index (χ1) is 13.0. The Morgan fingerprint density at radius 3 is 2.67 bits per heavy atom. The van der Waals surface area contributed by atoms with Gasteiger partial charge in [-0.3, -0.25) is 14.6 Å². The van der Waals surface area contributed by atoms with Crippen molar-refractivity contribution in [3.8, 4) is 0 Å². The molecule has 1 atom stereocenters. The molecule has 1 amide bonds. The zero-order valence-electron chi connectivity index (χ0n) is 15.3. The number of nitrogens with zero attached hydrogens (tertiary/aromatic N) is 2. The number of amides is 1. The van der Waals surface area contributed by atoms with Gasteiger partial charge in [0, 0.05) is 18.3 Å². The van der Waals surface area contributed by atoms with Gasteiger partial charge in [0.15, 0.2) is 0 Å². The van der Waals surface area contributed by atoms with Gasteiger partial charge >= 0.3 is 0 Å². The number of hydrogen-bond donors (Lipinski definition) is 1. The molecule has 1 aliphatic rings. The number of ketones is 1. The van der Waals surface area contributed by atoms with E-state index in [-0.39, 0.29) is 11.3 Å². The van der Waals surface area contributed by atoms with Crippen LogP contribution in [0.2, 0.25) is 0 Å². The fourth-order valence-electron chi connectivity index (χ4n) is 3.23. The number of carbonyl (C=O) groups is 2. The number of rotatable bonds is 5. The van der Waals surface area contributed by atoms with Crippen LogP contribution in [0.4, 0.5) is 4.39 Å². The number of carbonyl (C=O) groups excluding carboxylic acids is 2. The van der Waals surface area contributed by atoms with Crippen molar-refractivity contribution in [2.45, 2.75) is 32.7 Å². The number of unbranched alkanes of at least 4 members (excludes halogenated alkanes) is 1. The Hall–Kier alpha value is -3.02. The number of likely N-dealkylation sites (tertiary alicyclic amines) is 1. The first-order valence-electron chi connectivity index (χ1n) is 8.91. The maximum atomic E-state index is 13.6. The van der Waals surface area contributed by atoms with Crippen molar-refractivity contribution in [3.05, 3.63) is 70.8 Å². The summed E-state index contributed by atoms with van der Waals surface area (Å²) in [6.07, 6.45) is 3.17. The van der Waals surface area contributed by atoms with E-state index in [1.165, 1.54) is 23.1 Å². The van der Waals surface area contributed by atoms with Gasteiger partial charge in [-0.1, -0.05) is 19.4 Å². The summed E-state index contributed by atoms with van der Waals surface area (Å²) in [4.78, 5) is 31.1. The fourth-order valence-corrected chi connectivity index (χ4v) is 3.23. The average molecular weight is 368 g/mol. The van der Waals surface area contributed by atoms with Crippen LogP contribution in [0.3, 0.4) is 0 Å². The normalized spacial score (nSPS) is 18.9. The van der Waals surface area contributed by atoms with Gasteiger partial charge in [-0.15, -0.1) is 0 Å². The molecular formula is C21H21FN2O3. The van der Waals surface area contributed by atoms with Crippen molar-refractivity contribution in [2.75, 3.05) is 6.54 Å². The van der Waals surface area contributed by atoms with Gasteiger partial charge in [0.2, 0.25) is 0 Å². The number of aryl methyl sites for hydroxylation is 1. The van der Waals surface area contributed by atoms with Crippen LogP contribution in [0.15, 0.2) is 48.2 Å². The molecule has 0 saturated carbocycles. The number of pyridine rings is 1. The summed E-state index contributed by atoms with van der Waals surface area (Å²) >= 11 is 0. The van der Waals surface area contributed by atoms with Crippen LogP contribution in [0.1, 0.15) is 42.6 Å². The molecule has 3 rings (SSSR count). The molecule has 1 fully saturated rings. The summed E-state index contributed by atoms with van der Waals surface area (Å²) in [7, 11) is 0. The highest BCUT2D eigenvalue weighted by Gasteiger charge is 2.46. The van der Waals surface area contributed by atoms with E-state index in [2.05, 4.69) is 4.98 Å². The van der Waals surface area contributed by atoms with Gasteiger partial charge in [-0.25, -0.2) is 4.39 Å². The van der Waals surface area contributed by atoms with Gasteiger partial charge in [-0.2, -0.15) is 0 Å². The number of Topliss-reactive ketones (excluding diaryl/α,β-unsaturated/α-hetero) is 1. The van der Waals surface area contributed by atoms with Gasteiger partial charge in [0.25, 0.3) is 11.7 Å². The van der Waals surface area contributed by atoms with E-state index in [9.17, 15) is 19.1 Å². The number of halogens is 1. The zero-order valence-corrected chi connectivity index (χ0v) is 15.3. The lowest BCUT2D eigenvalue weighted by atomic mass is 9.97. The molecule has 0 spiro atoms. The highest BCUT2D eigenvalue weighted by Crippen LogP contribution is 2.38. The Kier molecular flexibility index (Phi) is 5.35. The van der Waals surface area contributed by atoms with Crippen LogP contribution >= 0.6 is 0 Å². The molecule has 27 heavy (non-hydrogen) atoms. The Morgan fingerprint density at radius 2 is 2.04 bits per heavy atom. The van der Waals surface area contributed by atoms with E-state index in [0.717, 1.165) is 12.8 Å². The summed E-state index contributed by atoms with van der Waals surface area (Å²) in [6.45, 7) is 3.96. The number of aromatic nitrogens is 1. The quantitative estimate of drug-likeness (QED) is 0.496. The smallest absolute Gasteiger partial charge is 0.295 e. The molecule has 1 N–H and O–H groups in total. The van der Waals surface area contributed by atoms with Crippen molar-refractivity contribution in [1.82, 2.24) is 9.88 Å². The maximum Gasteiger partial charge on any atom is 0.295 e. The SMILES string of the molecule is CCCCN1C(=O)C(=O)/C(=C(\O)c2ccc(F)c(C)c2)C1c1ccccn1. The van der Waals surface area contributed by atoms with E-state index in [1.54, 1.807) is 31.3 Å². The summed E-state index contributed by atoms with van der Waals surface area (Å²) in [5.74, 6) is -2.12. The van der Waals surface area contributed by atoms with E-state index < -0.39 is 23.5 Å². The van der Waals surface area contributed by atoms with Crippen LogP contribution in [-0.2, 0) is 9.59 Å². The minimum atomic E-state index is -0.761. The van der Waals surface area contributed by atoms with Crippen molar-refractivity contribution in [3.63, 3.8) is 0 Å². The Morgan fingerprint density at radius 1 is 1.26 bits per heavy atom. The zero-order chi connectivity index (χ0) is 19.6. The number of aliphatic hydroxyl groups is 1. The molecule has 1 aliphatic heterocycles. The molecule has 2 heterocycles. The summed E-state index contributed by atoms with van der Waals surface area (Å²) < 4.78 is 13.6. The monoisotopic (exact) mass is 368 g/mol. The highest BCUT2D eigenvalue weighted by molar-refractivity contribution is 6.46. The van der Waals surface area contributed by atoms with Gasteiger partial charge in [0.1, 0.15) is 17.6 Å². The van der Waals surface area contributed by atoms with Gasteiger partial charge in [-0.05, 0) is 49.2 Å². The van der Waals surface area contributed by atoms with Crippen LogP contribution in [0.25, 0.3) is 5.76 Å². The third kappa shape index (κ3) is 3.47. The molecule has 1 aromatic heterocycles. The Balaban J connectivity index is 2.16. The minimum Gasteiger partial charge on any atom is -0.507 e. The van der Waals surface area contributed by atoms with E-state index in [4.69, 9.17) is 0 Å². The van der Waals surface area contributed by atoms with Crippen LogP contribution in [-0.4, -0.2) is 33.2 Å². The summed E-state index contributed by atoms with van der Waals surface area (Å²) in [6, 6.07) is 8.55. The third-order valence-electron chi connectivity index (χ3n) is 4.69. The second kappa shape index (κ2) is 7.70. The lowest BCUT2D eigenvalue weighted by Gasteiger charge is -2.24. The largest absolute Gasteiger partial charge is 0.507 e. The Labute approximate surface area is 157 Å². The standard InChI is InChI=1S/C21H21FN2O3/c1-3-4-11-24-18(16-7-5-6-10-23-16)17(20(26)21(24)27)19(25)14-8-9-15(22)13(2)12-14/h5-10,12,18,25H,3-4,11H2,1-2H3/b19-17-. The van der Waals surface area contributed by atoms with Crippen molar-refractivity contribution >= 4 is 17.4 Å². The van der Waals surface area contributed by atoms with Gasteiger partial charge < -0.3 is 10.0 Å². The lowest BCUT2D eigenvalue weighted by molar-refractivity contribution is -0.140. The van der Waals surface area contributed by atoms with Crippen molar-refractivity contribution < 1.29 is 19.1 Å². The predicted octanol–water partition coefficient (Wildman–Crippen LogP) is 3.75. The number of benzene rings is 1. The van der Waals surface area contributed by atoms with E-state index >= 15 is 0 Å². The summed E-state index contributed by atoms with van der Waals surface area (Å²) in [5, 5.41) is 10.8. The molecule has 0 bridgehead atoms. The lowest BCUT2D eigenvalue weighted by Crippen LogP contribution is -2.31. The fraction of sp³-hybridized carbons (Fsp3) is 0.286. The molecule has 5 nitrogen and oxygen atoms in total. The van der Waals surface area contributed by atoms with Crippen molar-refractivity contribution in [2.24, 2.45) is 0 Å². The molecule has 2 aromatic rings. The molecule has 1 unspecified atom stereocenters. The first-order valence-corrected chi connectivity index (χ1v) is 8.91. The molecule has 140 valence electrons. The third-order valence-corrected chi connectivity index (χ3v) is 4.69. The molecule has 1 aromatic carbocycles. The Bertz CT molecular complexity index is 909. The first kappa shape index (κ1) is 18.8. The topological polar surface area (TPSA) is 70.5 Å².